The number of nitrogens with one attached hydrogen (secondary N) is 1. The van der Waals surface area contributed by atoms with Gasteiger partial charge >= 0.3 is 0 Å². The normalized spacial score (nSPS) is 18.2. The van der Waals surface area contributed by atoms with E-state index >= 15 is 0 Å². The largest absolute Gasteiger partial charge is 0.337 e. The predicted molar refractivity (Wildman–Crippen MR) is 90.5 cm³/mol. The van der Waals surface area contributed by atoms with Gasteiger partial charge in [0.2, 0.25) is 0 Å². The smallest absolute Gasteiger partial charge is 0.273 e. The second kappa shape index (κ2) is 5.86. The fraction of sp³-hybridized carbons (Fsp3) is 0.375. The molecule has 1 atom stereocenters. The van der Waals surface area contributed by atoms with E-state index in [2.05, 4.69) is 15.1 Å². The third kappa shape index (κ3) is 2.62. The third-order valence-corrected chi connectivity index (χ3v) is 4.98. The van der Waals surface area contributed by atoms with Crippen molar-refractivity contribution in [2.75, 3.05) is 13.1 Å². The highest BCUT2D eigenvalue weighted by Gasteiger charge is 2.27. The Morgan fingerprint density at radius 1 is 1.42 bits per heavy atom. The van der Waals surface area contributed by atoms with Crippen molar-refractivity contribution in [2.24, 2.45) is 0 Å². The summed E-state index contributed by atoms with van der Waals surface area (Å²) in [5.41, 5.74) is 4.33. The van der Waals surface area contributed by atoms with Gasteiger partial charge in [-0.1, -0.05) is 0 Å². The van der Waals surface area contributed by atoms with E-state index in [9.17, 15) is 9.59 Å². The van der Waals surface area contributed by atoms with Crippen molar-refractivity contribution in [2.45, 2.75) is 25.7 Å². The lowest BCUT2D eigenvalue weighted by Gasteiger charge is -2.31. The molecule has 0 radical (unpaired) electrons. The van der Waals surface area contributed by atoms with Crippen LogP contribution in [-0.4, -0.2) is 43.5 Å². The number of aryl methyl sites for hydroxylation is 1. The molecule has 0 bridgehead atoms. The Labute approximate surface area is 142 Å². The number of nitrogens with zero attached hydrogens (tertiary/aromatic N) is 4. The Hall–Kier alpha value is -2.48. The van der Waals surface area contributed by atoms with Gasteiger partial charge in [0.05, 0.1) is 5.51 Å². The van der Waals surface area contributed by atoms with Crippen LogP contribution >= 0.6 is 11.3 Å². The lowest BCUT2D eigenvalue weighted by atomic mass is 9.94. The van der Waals surface area contributed by atoms with Crippen LogP contribution in [0.2, 0.25) is 0 Å². The van der Waals surface area contributed by atoms with Crippen LogP contribution in [-0.2, 0) is 0 Å². The average Bonchev–Trinajstić information content (AvgIpc) is 3.23. The summed E-state index contributed by atoms with van der Waals surface area (Å²) in [4.78, 5) is 34.9. The minimum absolute atomic E-state index is 0.0248. The monoisotopic (exact) mass is 343 g/mol. The van der Waals surface area contributed by atoms with E-state index < -0.39 is 0 Å². The molecule has 3 aromatic heterocycles. The number of fused-ring (bicyclic) bond motifs is 1. The standard InChI is InChI=1S/C16H17N5O2S/c1-10-5-15(22)21-14(18-10)6-12(19-21)11-3-2-4-20(7-11)16(23)13-8-24-9-17-13/h5-6,8-9,11,19H,2-4,7H2,1H3/t11-/m1/s1. The van der Waals surface area contributed by atoms with Crippen LogP contribution in [0.3, 0.4) is 0 Å². The first-order valence-electron chi connectivity index (χ1n) is 7.88. The van der Waals surface area contributed by atoms with E-state index in [1.165, 1.54) is 21.9 Å². The molecule has 0 unspecified atom stereocenters. The lowest BCUT2D eigenvalue weighted by Crippen LogP contribution is -2.39. The highest BCUT2D eigenvalue weighted by molar-refractivity contribution is 7.07. The molecule has 0 aliphatic carbocycles. The van der Waals surface area contributed by atoms with Crippen molar-refractivity contribution in [3.8, 4) is 0 Å². The summed E-state index contributed by atoms with van der Waals surface area (Å²) in [6, 6.07) is 3.42. The van der Waals surface area contributed by atoms with E-state index in [1.807, 2.05) is 17.9 Å². The summed E-state index contributed by atoms with van der Waals surface area (Å²) in [5, 5.41) is 4.92. The van der Waals surface area contributed by atoms with E-state index in [0.29, 0.717) is 23.6 Å². The molecular weight excluding hydrogens is 326 g/mol. The van der Waals surface area contributed by atoms with Crippen LogP contribution in [0, 0.1) is 6.92 Å². The first-order chi connectivity index (χ1) is 11.6. The first kappa shape index (κ1) is 15.1. The third-order valence-electron chi connectivity index (χ3n) is 4.40. The van der Waals surface area contributed by atoms with Gasteiger partial charge in [0, 0.05) is 47.9 Å². The highest BCUT2D eigenvalue weighted by atomic mass is 32.1. The number of hydrogen-bond acceptors (Lipinski definition) is 5. The molecule has 0 spiro atoms. The van der Waals surface area contributed by atoms with Crippen LogP contribution in [0.15, 0.2) is 27.8 Å². The number of aromatic amines is 1. The summed E-state index contributed by atoms with van der Waals surface area (Å²) in [6.45, 7) is 3.17. The number of rotatable bonds is 2. The van der Waals surface area contributed by atoms with Gasteiger partial charge in [-0.2, -0.15) is 0 Å². The van der Waals surface area contributed by atoms with Gasteiger partial charge in [0.25, 0.3) is 11.5 Å². The van der Waals surface area contributed by atoms with Gasteiger partial charge in [-0.15, -0.1) is 11.3 Å². The Kier molecular flexibility index (Phi) is 3.68. The average molecular weight is 343 g/mol. The second-order valence-electron chi connectivity index (χ2n) is 6.10. The summed E-state index contributed by atoms with van der Waals surface area (Å²) in [5.74, 6) is 0.144. The molecule has 3 aromatic rings. The number of amides is 1. The topological polar surface area (TPSA) is 83.4 Å². The minimum Gasteiger partial charge on any atom is -0.337 e. The van der Waals surface area contributed by atoms with Crippen LogP contribution in [0.5, 0.6) is 0 Å². The van der Waals surface area contributed by atoms with E-state index in [4.69, 9.17) is 0 Å². The van der Waals surface area contributed by atoms with Crippen molar-refractivity contribution in [3.05, 3.63) is 50.5 Å². The summed E-state index contributed by atoms with van der Waals surface area (Å²) < 4.78 is 1.46. The zero-order valence-corrected chi connectivity index (χ0v) is 14.0. The Morgan fingerprint density at radius 2 is 2.29 bits per heavy atom. The number of H-pyrrole nitrogens is 1. The molecule has 0 aromatic carbocycles. The highest BCUT2D eigenvalue weighted by Crippen LogP contribution is 2.27. The van der Waals surface area contributed by atoms with Crippen molar-refractivity contribution in [1.29, 1.82) is 0 Å². The molecule has 4 rings (SSSR count). The second-order valence-corrected chi connectivity index (χ2v) is 6.82. The number of carbonyl (C=O) groups is 1. The van der Waals surface area contributed by atoms with Crippen molar-refractivity contribution >= 4 is 22.9 Å². The lowest BCUT2D eigenvalue weighted by molar-refractivity contribution is 0.0700. The van der Waals surface area contributed by atoms with Gasteiger partial charge in [-0.05, 0) is 19.8 Å². The van der Waals surface area contributed by atoms with Gasteiger partial charge < -0.3 is 4.90 Å². The summed E-state index contributed by atoms with van der Waals surface area (Å²) in [7, 11) is 0. The molecule has 1 aliphatic rings. The molecule has 1 saturated heterocycles. The fourth-order valence-electron chi connectivity index (χ4n) is 3.23. The molecule has 1 aliphatic heterocycles. The molecular formula is C16H17N5O2S. The Balaban J connectivity index is 1.61. The number of aromatic nitrogens is 4. The number of thiazole rings is 1. The molecule has 7 nitrogen and oxygen atoms in total. The quantitative estimate of drug-likeness (QED) is 0.769. The van der Waals surface area contributed by atoms with Crippen LogP contribution in [0.4, 0.5) is 0 Å². The maximum absolute atomic E-state index is 12.5. The van der Waals surface area contributed by atoms with E-state index in [1.54, 1.807) is 10.9 Å². The fourth-order valence-corrected chi connectivity index (χ4v) is 3.76. The molecule has 0 saturated carbocycles. The van der Waals surface area contributed by atoms with Crippen molar-refractivity contribution in [1.82, 2.24) is 24.5 Å². The molecule has 4 heterocycles. The van der Waals surface area contributed by atoms with E-state index in [-0.39, 0.29) is 17.4 Å². The van der Waals surface area contributed by atoms with Crippen LogP contribution in [0.25, 0.3) is 5.65 Å². The first-order valence-corrected chi connectivity index (χ1v) is 8.83. The van der Waals surface area contributed by atoms with Crippen molar-refractivity contribution < 1.29 is 4.79 Å². The van der Waals surface area contributed by atoms with Crippen molar-refractivity contribution in [3.63, 3.8) is 0 Å². The molecule has 8 heteroatoms. The van der Waals surface area contributed by atoms with Crippen LogP contribution in [0.1, 0.15) is 40.6 Å². The number of likely N-dealkylation sites (tertiary alicyclic amines) is 1. The Morgan fingerprint density at radius 3 is 3.08 bits per heavy atom. The maximum Gasteiger partial charge on any atom is 0.273 e. The Bertz CT molecular complexity index is 943. The van der Waals surface area contributed by atoms with Gasteiger partial charge in [0.15, 0.2) is 5.65 Å². The van der Waals surface area contributed by atoms with Gasteiger partial charge in [-0.3, -0.25) is 14.7 Å². The zero-order valence-electron chi connectivity index (χ0n) is 13.2. The SMILES string of the molecule is Cc1cc(=O)n2[nH]c([C@@H]3CCCN(C(=O)c4cscn4)C3)cc2n1. The number of piperidine rings is 1. The number of hydrogen-bond donors (Lipinski definition) is 1. The van der Waals surface area contributed by atoms with Crippen LogP contribution < -0.4 is 5.56 Å². The minimum atomic E-state index is -0.116. The van der Waals surface area contributed by atoms with E-state index in [0.717, 1.165) is 25.1 Å². The molecule has 24 heavy (non-hydrogen) atoms. The van der Waals surface area contributed by atoms with Gasteiger partial charge in [0.1, 0.15) is 5.69 Å². The summed E-state index contributed by atoms with van der Waals surface area (Å²) in [6.07, 6.45) is 1.90. The summed E-state index contributed by atoms with van der Waals surface area (Å²) >= 11 is 1.42. The zero-order chi connectivity index (χ0) is 16.7. The molecule has 1 N–H and O–H groups in total. The molecule has 1 amide bonds. The van der Waals surface area contributed by atoms with Gasteiger partial charge in [-0.25, -0.2) is 14.5 Å². The predicted octanol–water partition coefficient (Wildman–Crippen LogP) is 1.81. The maximum atomic E-state index is 12.5. The molecule has 1 fully saturated rings. The molecule has 124 valence electrons. The number of carbonyl (C=O) groups excluding carboxylic acids is 1.